The third-order valence-corrected chi connectivity index (χ3v) is 6.48. The van der Waals surface area contributed by atoms with Crippen LogP contribution in [0.25, 0.3) is 0 Å². The minimum Gasteiger partial charge on any atom is -0.361 e. The van der Waals surface area contributed by atoms with Gasteiger partial charge in [-0.2, -0.15) is 5.10 Å². The Balaban J connectivity index is 1.53. The second-order valence-electron chi connectivity index (χ2n) is 7.84. The zero-order chi connectivity index (χ0) is 18.5. The Kier molecular flexibility index (Phi) is 4.14. The van der Waals surface area contributed by atoms with Crippen LogP contribution in [0.3, 0.4) is 0 Å². The zero-order valence-electron chi connectivity index (χ0n) is 16.0. The van der Waals surface area contributed by atoms with E-state index in [1.807, 2.05) is 43.7 Å². The van der Waals surface area contributed by atoms with Crippen molar-refractivity contribution in [3.05, 3.63) is 35.0 Å². The van der Waals surface area contributed by atoms with E-state index in [9.17, 15) is 4.79 Å². The van der Waals surface area contributed by atoms with Crippen LogP contribution in [0.2, 0.25) is 0 Å². The molecule has 7 nitrogen and oxygen atoms in total. The third kappa shape index (κ3) is 2.65. The van der Waals surface area contributed by atoms with Crippen molar-refractivity contribution in [1.29, 1.82) is 0 Å². The summed E-state index contributed by atoms with van der Waals surface area (Å²) < 4.78 is 7.13. The Hall–Kier alpha value is -2.15. The van der Waals surface area contributed by atoms with E-state index in [4.69, 9.17) is 4.52 Å². The molecule has 2 aliphatic rings. The van der Waals surface area contributed by atoms with E-state index in [1.54, 1.807) is 0 Å². The predicted octanol–water partition coefficient (Wildman–Crippen LogP) is 2.01. The highest BCUT2D eigenvalue weighted by Gasteiger charge is 2.52. The number of likely N-dealkylation sites (N-methyl/N-ethyl adjacent to an activating group) is 1. The molecule has 1 spiro atoms. The van der Waals surface area contributed by atoms with E-state index >= 15 is 0 Å². The number of rotatable bonds is 3. The molecule has 26 heavy (non-hydrogen) atoms. The van der Waals surface area contributed by atoms with Crippen LogP contribution in [0.4, 0.5) is 0 Å². The van der Waals surface area contributed by atoms with Crippen molar-refractivity contribution in [2.75, 3.05) is 20.1 Å². The Morgan fingerprint density at radius 3 is 2.58 bits per heavy atom. The van der Waals surface area contributed by atoms with Gasteiger partial charge >= 0.3 is 0 Å². The number of carbonyl (C=O) groups is 1. The molecule has 2 saturated heterocycles. The Labute approximate surface area is 153 Å². The van der Waals surface area contributed by atoms with Crippen molar-refractivity contribution in [3.8, 4) is 0 Å². The minimum atomic E-state index is -0.0879. The molecule has 2 fully saturated rings. The van der Waals surface area contributed by atoms with Gasteiger partial charge < -0.3 is 9.42 Å². The monoisotopic (exact) mass is 357 g/mol. The van der Waals surface area contributed by atoms with E-state index in [0.717, 1.165) is 43.9 Å². The van der Waals surface area contributed by atoms with Gasteiger partial charge in [-0.1, -0.05) is 5.16 Å². The molecular weight excluding hydrogens is 330 g/mol. The van der Waals surface area contributed by atoms with Gasteiger partial charge in [0.2, 0.25) is 5.91 Å². The summed E-state index contributed by atoms with van der Waals surface area (Å²) in [6.45, 7) is 6.78. The summed E-state index contributed by atoms with van der Waals surface area (Å²) in [7, 11) is 3.91. The standard InChI is InChI=1S/C19H27N5O2/c1-13-16(14(2)26-21-13)12-24-7-5-19(6-8-24)17(9-18(25)23(19)4)15-10-20-22(3)11-15/h10-11,17H,5-9,12H2,1-4H3. The molecule has 7 heteroatoms. The highest BCUT2D eigenvalue weighted by atomic mass is 16.5. The number of hydrogen-bond donors (Lipinski definition) is 0. The maximum atomic E-state index is 12.5. The minimum absolute atomic E-state index is 0.0879. The van der Waals surface area contributed by atoms with Crippen molar-refractivity contribution in [2.45, 2.75) is 51.1 Å². The van der Waals surface area contributed by atoms with Crippen molar-refractivity contribution in [1.82, 2.24) is 24.7 Å². The van der Waals surface area contributed by atoms with E-state index in [1.165, 1.54) is 11.1 Å². The number of aromatic nitrogens is 3. The summed E-state index contributed by atoms with van der Waals surface area (Å²) >= 11 is 0. The van der Waals surface area contributed by atoms with E-state index in [2.05, 4.69) is 21.4 Å². The molecule has 4 heterocycles. The molecule has 2 aliphatic heterocycles. The van der Waals surface area contributed by atoms with Crippen LogP contribution in [-0.2, 0) is 18.4 Å². The topological polar surface area (TPSA) is 67.4 Å². The van der Waals surface area contributed by atoms with Crippen LogP contribution in [0.5, 0.6) is 0 Å². The first-order chi connectivity index (χ1) is 12.4. The molecule has 1 amide bonds. The third-order valence-electron chi connectivity index (χ3n) is 6.48. The molecule has 140 valence electrons. The number of amides is 1. The molecule has 0 aromatic carbocycles. The van der Waals surface area contributed by atoms with Crippen LogP contribution in [0, 0.1) is 13.8 Å². The maximum Gasteiger partial charge on any atom is 0.223 e. The lowest BCUT2D eigenvalue weighted by molar-refractivity contribution is -0.130. The maximum absolute atomic E-state index is 12.5. The SMILES string of the molecule is Cc1noc(C)c1CN1CCC2(CC1)C(c1cnn(C)c1)CC(=O)N2C. The lowest BCUT2D eigenvalue weighted by atomic mass is 9.74. The fourth-order valence-corrected chi connectivity index (χ4v) is 4.77. The lowest BCUT2D eigenvalue weighted by Gasteiger charge is -2.46. The largest absolute Gasteiger partial charge is 0.361 e. The van der Waals surface area contributed by atoms with Gasteiger partial charge in [0.05, 0.1) is 17.4 Å². The highest BCUT2D eigenvalue weighted by molar-refractivity contribution is 5.81. The van der Waals surface area contributed by atoms with Crippen molar-refractivity contribution < 1.29 is 9.32 Å². The van der Waals surface area contributed by atoms with Gasteiger partial charge in [0, 0.05) is 57.8 Å². The zero-order valence-corrected chi connectivity index (χ0v) is 16.0. The number of carbonyl (C=O) groups excluding carboxylic acids is 1. The fourth-order valence-electron chi connectivity index (χ4n) is 4.77. The van der Waals surface area contributed by atoms with Gasteiger partial charge in [-0.3, -0.25) is 14.4 Å². The van der Waals surface area contributed by atoms with Gasteiger partial charge in [-0.15, -0.1) is 0 Å². The smallest absolute Gasteiger partial charge is 0.223 e. The predicted molar refractivity (Wildman–Crippen MR) is 96.6 cm³/mol. The average molecular weight is 357 g/mol. The van der Waals surface area contributed by atoms with Crippen LogP contribution in [0.15, 0.2) is 16.9 Å². The molecule has 2 aromatic heterocycles. The second-order valence-corrected chi connectivity index (χ2v) is 7.84. The number of hydrogen-bond acceptors (Lipinski definition) is 5. The summed E-state index contributed by atoms with van der Waals surface area (Å²) in [6, 6.07) is 0. The fraction of sp³-hybridized carbons (Fsp3) is 0.632. The molecule has 4 rings (SSSR count). The molecule has 0 aliphatic carbocycles. The van der Waals surface area contributed by atoms with Gasteiger partial charge in [0.15, 0.2) is 0 Å². The van der Waals surface area contributed by atoms with E-state index in [-0.39, 0.29) is 17.4 Å². The highest BCUT2D eigenvalue weighted by Crippen LogP contribution is 2.48. The summed E-state index contributed by atoms with van der Waals surface area (Å²) in [5.74, 6) is 1.39. The van der Waals surface area contributed by atoms with Crippen LogP contribution in [-0.4, -0.2) is 56.3 Å². The van der Waals surface area contributed by atoms with Crippen LogP contribution in [0.1, 0.15) is 47.8 Å². The Morgan fingerprint density at radius 1 is 1.27 bits per heavy atom. The van der Waals surface area contributed by atoms with E-state index < -0.39 is 0 Å². The number of aryl methyl sites for hydroxylation is 3. The summed E-state index contributed by atoms with van der Waals surface area (Å²) in [5, 5.41) is 8.40. The summed E-state index contributed by atoms with van der Waals surface area (Å²) in [6.07, 6.45) is 6.55. The van der Waals surface area contributed by atoms with Crippen molar-refractivity contribution in [3.63, 3.8) is 0 Å². The molecule has 0 N–H and O–H groups in total. The number of likely N-dealkylation sites (tertiary alicyclic amines) is 2. The Bertz CT molecular complexity index is 796. The molecular formula is C19H27N5O2. The molecule has 1 unspecified atom stereocenters. The number of piperidine rings is 1. The molecule has 0 saturated carbocycles. The second kappa shape index (κ2) is 6.23. The average Bonchev–Trinajstić information content (AvgIpc) is 3.26. The van der Waals surface area contributed by atoms with Gasteiger partial charge in [0.1, 0.15) is 5.76 Å². The first kappa shape index (κ1) is 17.3. The van der Waals surface area contributed by atoms with Crippen molar-refractivity contribution >= 4 is 5.91 Å². The van der Waals surface area contributed by atoms with Gasteiger partial charge in [-0.25, -0.2) is 0 Å². The summed E-state index contributed by atoms with van der Waals surface area (Å²) in [5.41, 5.74) is 3.27. The quantitative estimate of drug-likeness (QED) is 0.841. The Morgan fingerprint density at radius 2 is 2.00 bits per heavy atom. The van der Waals surface area contributed by atoms with Crippen molar-refractivity contribution in [2.24, 2.45) is 7.05 Å². The van der Waals surface area contributed by atoms with Crippen LogP contribution < -0.4 is 0 Å². The molecule has 0 radical (unpaired) electrons. The summed E-state index contributed by atoms with van der Waals surface area (Å²) in [4.78, 5) is 17.0. The van der Waals surface area contributed by atoms with Gasteiger partial charge in [0.25, 0.3) is 0 Å². The first-order valence-electron chi connectivity index (χ1n) is 9.30. The molecule has 2 aromatic rings. The molecule has 1 atom stereocenters. The van der Waals surface area contributed by atoms with E-state index in [0.29, 0.717) is 6.42 Å². The molecule has 0 bridgehead atoms. The lowest BCUT2D eigenvalue weighted by Crippen LogP contribution is -2.53. The van der Waals surface area contributed by atoms with Crippen LogP contribution >= 0.6 is 0 Å². The normalized spacial score (nSPS) is 23.3. The number of nitrogens with zero attached hydrogens (tertiary/aromatic N) is 5. The van der Waals surface area contributed by atoms with Gasteiger partial charge in [-0.05, 0) is 32.3 Å². The first-order valence-corrected chi connectivity index (χ1v) is 9.30.